The van der Waals surface area contributed by atoms with Crippen LogP contribution in [0.25, 0.3) is 0 Å². The lowest BCUT2D eigenvalue weighted by atomic mass is 9.78. The molecule has 0 aromatic carbocycles. The van der Waals surface area contributed by atoms with E-state index in [2.05, 4.69) is 6.92 Å². The molecule has 0 bridgehead atoms. The molecule has 0 amide bonds. The fourth-order valence-electron chi connectivity index (χ4n) is 2.13. The number of halogens is 1. The van der Waals surface area contributed by atoms with Gasteiger partial charge in [-0.2, -0.15) is 0 Å². The second-order valence-electron chi connectivity index (χ2n) is 4.39. The molecule has 14 heavy (non-hydrogen) atoms. The van der Waals surface area contributed by atoms with Crippen LogP contribution in [0.5, 0.6) is 0 Å². The van der Waals surface area contributed by atoms with Gasteiger partial charge >= 0.3 is 0 Å². The van der Waals surface area contributed by atoms with Gasteiger partial charge in [-0.3, -0.25) is 4.79 Å². The second kappa shape index (κ2) is 5.55. The zero-order chi connectivity index (χ0) is 10.6. The van der Waals surface area contributed by atoms with Crippen molar-refractivity contribution >= 4 is 17.4 Å². The molecule has 0 aliphatic heterocycles. The minimum absolute atomic E-state index is 0.252. The summed E-state index contributed by atoms with van der Waals surface area (Å²) in [4.78, 5) is 11.8. The molecular formula is C12H19ClO. The third kappa shape index (κ3) is 3.13. The van der Waals surface area contributed by atoms with Crippen molar-refractivity contribution in [2.24, 2.45) is 11.8 Å². The van der Waals surface area contributed by atoms with Crippen LogP contribution in [0.15, 0.2) is 11.6 Å². The van der Waals surface area contributed by atoms with Crippen molar-refractivity contribution in [1.82, 2.24) is 0 Å². The van der Waals surface area contributed by atoms with Crippen LogP contribution in [0.1, 0.15) is 39.5 Å². The summed E-state index contributed by atoms with van der Waals surface area (Å²) in [5.41, 5.74) is 0.981. The molecule has 2 atom stereocenters. The Labute approximate surface area is 91.5 Å². The van der Waals surface area contributed by atoms with Gasteiger partial charge in [0, 0.05) is 11.8 Å². The summed E-state index contributed by atoms with van der Waals surface area (Å²) in [7, 11) is 0. The number of hydrogen-bond acceptors (Lipinski definition) is 1. The first-order valence-electron chi connectivity index (χ1n) is 5.42. The maximum Gasteiger partial charge on any atom is 0.159 e. The summed E-state index contributed by atoms with van der Waals surface area (Å²) >= 11 is 5.65. The molecule has 80 valence electrons. The highest BCUT2D eigenvalue weighted by atomic mass is 35.5. The molecule has 0 N–H and O–H groups in total. The Balaban J connectivity index is 2.58. The zero-order valence-corrected chi connectivity index (χ0v) is 9.81. The van der Waals surface area contributed by atoms with Gasteiger partial charge in [0.1, 0.15) is 0 Å². The first-order valence-corrected chi connectivity index (χ1v) is 5.95. The van der Waals surface area contributed by atoms with Gasteiger partial charge in [0.15, 0.2) is 5.78 Å². The largest absolute Gasteiger partial charge is 0.295 e. The fourth-order valence-corrected chi connectivity index (χ4v) is 2.20. The van der Waals surface area contributed by atoms with Crippen molar-refractivity contribution in [3.05, 3.63) is 11.6 Å². The van der Waals surface area contributed by atoms with E-state index >= 15 is 0 Å². The van der Waals surface area contributed by atoms with E-state index in [4.69, 9.17) is 11.6 Å². The van der Waals surface area contributed by atoms with Crippen LogP contribution in [-0.2, 0) is 4.79 Å². The lowest BCUT2D eigenvalue weighted by Crippen LogP contribution is -2.24. The van der Waals surface area contributed by atoms with Gasteiger partial charge in [-0.15, -0.1) is 11.6 Å². The number of rotatable bonds is 3. The van der Waals surface area contributed by atoms with Crippen molar-refractivity contribution in [3.8, 4) is 0 Å². The molecule has 2 heteroatoms. The van der Waals surface area contributed by atoms with E-state index in [1.807, 2.05) is 6.92 Å². The van der Waals surface area contributed by atoms with Crippen molar-refractivity contribution < 1.29 is 4.79 Å². The monoisotopic (exact) mass is 214 g/mol. The quantitative estimate of drug-likeness (QED) is 0.519. The van der Waals surface area contributed by atoms with Gasteiger partial charge < -0.3 is 0 Å². The second-order valence-corrected chi connectivity index (χ2v) is 4.66. The molecule has 1 nitrogen and oxygen atoms in total. The predicted molar refractivity (Wildman–Crippen MR) is 60.6 cm³/mol. The maximum absolute atomic E-state index is 11.8. The SMILES string of the molecule is C/C(=C/C(=O)C1CCCCC1C)CCl. The molecular weight excluding hydrogens is 196 g/mol. The highest BCUT2D eigenvalue weighted by Crippen LogP contribution is 2.30. The highest BCUT2D eigenvalue weighted by Gasteiger charge is 2.26. The summed E-state index contributed by atoms with van der Waals surface area (Å²) in [6.07, 6.45) is 6.48. The van der Waals surface area contributed by atoms with Crippen molar-refractivity contribution in [2.45, 2.75) is 39.5 Å². The average molecular weight is 215 g/mol. The third-order valence-corrected chi connectivity index (χ3v) is 3.50. The van der Waals surface area contributed by atoms with E-state index in [-0.39, 0.29) is 11.7 Å². The van der Waals surface area contributed by atoms with E-state index < -0.39 is 0 Å². The summed E-state index contributed by atoms with van der Waals surface area (Å²) in [5, 5.41) is 0. The number of hydrogen-bond donors (Lipinski definition) is 0. The Bertz CT molecular complexity index is 232. The Morgan fingerprint density at radius 1 is 1.43 bits per heavy atom. The molecule has 0 aromatic rings. The normalized spacial score (nSPS) is 28.9. The highest BCUT2D eigenvalue weighted by molar-refractivity contribution is 6.19. The molecule has 0 saturated heterocycles. The molecule has 0 spiro atoms. The molecule has 0 heterocycles. The lowest BCUT2D eigenvalue weighted by molar-refractivity contribution is -0.120. The smallest absolute Gasteiger partial charge is 0.159 e. The molecule has 0 aromatic heterocycles. The van der Waals surface area contributed by atoms with E-state index in [9.17, 15) is 4.79 Å². The van der Waals surface area contributed by atoms with Gasteiger partial charge in [-0.1, -0.05) is 31.8 Å². The van der Waals surface area contributed by atoms with Crippen LogP contribution in [0.2, 0.25) is 0 Å². The average Bonchev–Trinajstić information content (AvgIpc) is 2.18. The minimum atomic E-state index is 0.252. The van der Waals surface area contributed by atoms with Crippen LogP contribution in [0.4, 0.5) is 0 Å². The first-order chi connectivity index (χ1) is 6.65. The molecule has 1 aliphatic carbocycles. The van der Waals surface area contributed by atoms with Crippen molar-refractivity contribution in [1.29, 1.82) is 0 Å². The van der Waals surface area contributed by atoms with Gasteiger partial charge in [-0.05, 0) is 25.3 Å². The number of carbonyl (C=O) groups excluding carboxylic acids is 1. The van der Waals surface area contributed by atoms with E-state index in [0.717, 1.165) is 12.0 Å². The number of allylic oxidation sites excluding steroid dienone is 2. The molecule has 2 unspecified atom stereocenters. The number of carbonyl (C=O) groups is 1. The molecule has 1 rings (SSSR count). The topological polar surface area (TPSA) is 17.1 Å². The third-order valence-electron chi connectivity index (χ3n) is 3.08. The van der Waals surface area contributed by atoms with E-state index in [1.165, 1.54) is 19.3 Å². The van der Waals surface area contributed by atoms with Crippen LogP contribution in [-0.4, -0.2) is 11.7 Å². The molecule has 1 fully saturated rings. The van der Waals surface area contributed by atoms with Gasteiger partial charge in [0.2, 0.25) is 0 Å². The van der Waals surface area contributed by atoms with Crippen molar-refractivity contribution in [3.63, 3.8) is 0 Å². The Morgan fingerprint density at radius 3 is 2.64 bits per heavy atom. The Kier molecular flexibility index (Phi) is 4.67. The lowest BCUT2D eigenvalue weighted by Gasteiger charge is -2.26. The molecule has 0 radical (unpaired) electrons. The van der Waals surface area contributed by atoms with E-state index in [0.29, 0.717) is 11.8 Å². The van der Waals surface area contributed by atoms with Gasteiger partial charge in [-0.25, -0.2) is 0 Å². The number of alkyl halides is 1. The fraction of sp³-hybridized carbons (Fsp3) is 0.750. The molecule has 1 aliphatic rings. The van der Waals surface area contributed by atoms with Gasteiger partial charge in [0.25, 0.3) is 0 Å². The standard InChI is InChI=1S/C12H19ClO/c1-9(8-13)7-12(14)11-6-4-3-5-10(11)2/h7,10-11H,3-6,8H2,1-2H3/b9-7-. The van der Waals surface area contributed by atoms with Crippen molar-refractivity contribution in [2.75, 3.05) is 5.88 Å². The minimum Gasteiger partial charge on any atom is -0.295 e. The van der Waals surface area contributed by atoms with Crippen LogP contribution < -0.4 is 0 Å². The molecule has 1 saturated carbocycles. The zero-order valence-electron chi connectivity index (χ0n) is 9.05. The first kappa shape index (κ1) is 11.8. The van der Waals surface area contributed by atoms with E-state index in [1.54, 1.807) is 6.08 Å². The predicted octanol–water partition coefficient (Wildman–Crippen LogP) is 3.57. The van der Waals surface area contributed by atoms with Gasteiger partial charge in [0.05, 0.1) is 0 Å². The summed E-state index contributed by atoms with van der Waals surface area (Å²) in [5.74, 6) is 1.56. The maximum atomic E-state index is 11.8. The summed E-state index contributed by atoms with van der Waals surface area (Å²) < 4.78 is 0. The van der Waals surface area contributed by atoms with Crippen LogP contribution in [0, 0.1) is 11.8 Å². The number of ketones is 1. The van der Waals surface area contributed by atoms with Crippen LogP contribution >= 0.6 is 11.6 Å². The Morgan fingerprint density at radius 2 is 2.07 bits per heavy atom. The van der Waals surface area contributed by atoms with Crippen LogP contribution in [0.3, 0.4) is 0 Å². The Hall–Kier alpha value is -0.300. The summed E-state index contributed by atoms with van der Waals surface area (Å²) in [6, 6.07) is 0. The summed E-state index contributed by atoms with van der Waals surface area (Å²) in [6.45, 7) is 4.10.